The zero-order chi connectivity index (χ0) is 20.1. The Morgan fingerprint density at radius 3 is 2.18 bits per heavy atom. The lowest BCUT2D eigenvalue weighted by Gasteiger charge is -2.26. The van der Waals surface area contributed by atoms with Crippen molar-refractivity contribution in [2.24, 2.45) is 0 Å². The van der Waals surface area contributed by atoms with Crippen molar-refractivity contribution in [2.75, 3.05) is 39.5 Å². The van der Waals surface area contributed by atoms with E-state index in [2.05, 4.69) is 13.0 Å². The molecule has 2 aromatic rings. The van der Waals surface area contributed by atoms with E-state index in [1.165, 1.54) is 9.87 Å². The molecule has 0 radical (unpaired) electrons. The summed E-state index contributed by atoms with van der Waals surface area (Å²) >= 11 is 0. The van der Waals surface area contributed by atoms with Crippen molar-refractivity contribution in [3.63, 3.8) is 0 Å². The Kier molecular flexibility index (Phi) is 6.59. The van der Waals surface area contributed by atoms with E-state index in [0.717, 1.165) is 16.9 Å². The van der Waals surface area contributed by atoms with E-state index in [4.69, 9.17) is 14.2 Å². The predicted molar refractivity (Wildman–Crippen MR) is 108 cm³/mol. The van der Waals surface area contributed by atoms with Crippen molar-refractivity contribution in [1.29, 1.82) is 0 Å². The fourth-order valence-electron chi connectivity index (χ4n) is 3.09. The minimum absolute atomic E-state index is 0.268. The molecular weight excluding hydrogens is 378 g/mol. The second-order valence-electron chi connectivity index (χ2n) is 6.84. The monoisotopic (exact) mass is 405 g/mol. The third kappa shape index (κ3) is 4.66. The van der Waals surface area contributed by atoms with Crippen LogP contribution in [0.1, 0.15) is 16.7 Å². The molecule has 0 saturated carbocycles. The summed E-state index contributed by atoms with van der Waals surface area (Å²) in [6.07, 6.45) is 0. The van der Waals surface area contributed by atoms with E-state index >= 15 is 0 Å². The molecule has 1 heterocycles. The Labute approximate surface area is 167 Å². The molecule has 3 rings (SSSR count). The van der Waals surface area contributed by atoms with Gasteiger partial charge in [-0.05, 0) is 61.7 Å². The van der Waals surface area contributed by atoms with Gasteiger partial charge in [0.05, 0.1) is 18.1 Å². The molecule has 7 heteroatoms. The van der Waals surface area contributed by atoms with E-state index in [9.17, 15) is 8.42 Å². The van der Waals surface area contributed by atoms with Crippen LogP contribution in [0.5, 0.6) is 11.5 Å². The van der Waals surface area contributed by atoms with Gasteiger partial charge in [-0.15, -0.1) is 0 Å². The van der Waals surface area contributed by atoms with Gasteiger partial charge in [0, 0.05) is 13.1 Å². The van der Waals surface area contributed by atoms with Gasteiger partial charge < -0.3 is 14.2 Å². The topological polar surface area (TPSA) is 65.1 Å². The molecule has 0 aliphatic carbocycles. The summed E-state index contributed by atoms with van der Waals surface area (Å²) in [7, 11) is -3.48. The Morgan fingerprint density at radius 2 is 1.50 bits per heavy atom. The Bertz CT molecular complexity index is 903. The number of morpholine rings is 1. The molecule has 0 unspecified atom stereocenters. The highest BCUT2D eigenvalue weighted by molar-refractivity contribution is 7.89. The van der Waals surface area contributed by atoms with Gasteiger partial charge in [-0.2, -0.15) is 4.31 Å². The third-order valence-electron chi connectivity index (χ3n) is 4.90. The number of aryl methyl sites for hydroxylation is 2. The van der Waals surface area contributed by atoms with Crippen LogP contribution >= 0.6 is 0 Å². The number of hydrogen-bond donors (Lipinski definition) is 0. The van der Waals surface area contributed by atoms with E-state index < -0.39 is 10.0 Å². The minimum Gasteiger partial charge on any atom is -0.490 e. The molecule has 28 heavy (non-hydrogen) atoms. The smallest absolute Gasteiger partial charge is 0.243 e. The molecule has 6 nitrogen and oxygen atoms in total. The number of ether oxygens (including phenoxy) is 3. The highest BCUT2D eigenvalue weighted by Crippen LogP contribution is 2.26. The lowest BCUT2D eigenvalue weighted by atomic mass is 10.1. The molecule has 0 spiro atoms. The predicted octanol–water partition coefficient (Wildman–Crippen LogP) is 3.09. The molecule has 1 fully saturated rings. The number of hydrogen-bond acceptors (Lipinski definition) is 5. The Morgan fingerprint density at radius 1 is 0.893 bits per heavy atom. The molecule has 0 bridgehead atoms. The van der Waals surface area contributed by atoms with Gasteiger partial charge in [0.1, 0.15) is 24.7 Å². The van der Waals surface area contributed by atoms with Crippen LogP contribution in [-0.2, 0) is 14.8 Å². The van der Waals surface area contributed by atoms with E-state index in [1.807, 2.05) is 19.9 Å². The molecular formula is C21H27NO5S. The van der Waals surface area contributed by atoms with E-state index in [1.54, 1.807) is 24.3 Å². The van der Waals surface area contributed by atoms with Crippen molar-refractivity contribution in [3.8, 4) is 11.5 Å². The fraction of sp³-hybridized carbons (Fsp3) is 0.429. The summed E-state index contributed by atoms with van der Waals surface area (Å²) in [4.78, 5) is 0.268. The van der Waals surface area contributed by atoms with E-state index in [0.29, 0.717) is 45.3 Å². The summed E-state index contributed by atoms with van der Waals surface area (Å²) in [6, 6.07) is 10.6. The first kappa shape index (κ1) is 20.6. The van der Waals surface area contributed by atoms with Crippen molar-refractivity contribution >= 4 is 10.0 Å². The van der Waals surface area contributed by atoms with Crippen LogP contribution in [0.2, 0.25) is 0 Å². The highest BCUT2D eigenvalue weighted by Gasteiger charge is 2.26. The molecule has 152 valence electrons. The number of benzene rings is 2. The average molecular weight is 406 g/mol. The van der Waals surface area contributed by atoms with E-state index in [-0.39, 0.29) is 4.90 Å². The zero-order valence-corrected chi connectivity index (χ0v) is 17.4. The van der Waals surface area contributed by atoms with Gasteiger partial charge in [-0.1, -0.05) is 12.1 Å². The Hall–Kier alpha value is -2.09. The third-order valence-corrected chi connectivity index (χ3v) is 6.82. The first-order chi connectivity index (χ1) is 13.4. The molecule has 2 aromatic carbocycles. The molecule has 1 saturated heterocycles. The lowest BCUT2D eigenvalue weighted by molar-refractivity contribution is 0.0730. The number of sulfonamides is 1. The van der Waals surface area contributed by atoms with Crippen LogP contribution in [0, 0.1) is 20.8 Å². The number of rotatable bonds is 7. The summed E-state index contributed by atoms with van der Waals surface area (Å²) in [5.41, 5.74) is 3.43. The van der Waals surface area contributed by atoms with Crippen LogP contribution in [0.4, 0.5) is 0 Å². The first-order valence-corrected chi connectivity index (χ1v) is 10.8. The highest BCUT2D eigenvalue weighted by atomic mass is 32.2. The largest absolute Gasteiger partial charge is 0.490 e. The average Bonchev–Trinajstić information content (AvgIpc) is 2.71. The van der Waals surface area contributed by atoms with Crippen LogP contribution in [0.25, 0.3) is 0 Å². The molecule has 0 N–H and O–H groups in total. The van der Waals surface area contributed by atoms with Crippen molar-refractivity contribution < 1.29 is 22.6 Å². The van der Waals surface area contributed by atoms with Crippen molar-refractivity contribution in [1.82, 2.24) is 4.31 Å². The van der Waals surface area contributed by atoms with Crippen LogP contribution < -0.4 is 9.47 Å². The van der Waals surface area contributed by atoms with Gasteiger partial charge in [0.25, 0.3) is 0 Å². The molecule has 0 atom stereocenters. The van der Waals surface area contributed by atoms with Gasteiger partial charge >= 0.3 is 0 Å². The van der Waals surface area contributed by atoms with Gasteiger partial charge in [0.15, 0.2) is 0 Å². The first-order valence-electron chi connectivity index (χ1n) is 9.40. The lowest BCUT2D eigenvalue weighted by Crippen LogP contribution is -2.40. The molecule has 0 amide bonds. The molecule has 1 aliphatic rings. The standard InChI is InChI=1S/C21H27NO5S/c1-16-4-5-17(2)21(18(16)3)27-15-14-26-19-6-8-20(9-7-19)28(23,24)22-10-12-25-13-11-22/h4-9H,10-15H2,1-3H3. The summed E-state index contributed by atoms with van der Waals surface area (Å²) < 4.78 is 43.5. The van der Waals surface area contributed by atoms with Crippen LogP contribution in [-0.4, -0.2) is 52.2 Å². The summed E-state index contributed by atoms with van der Waals surface area (Å²) in [6.45, 7) is 8.56. The fourth-order valence-corrected chi connectivity index (χ4v) is 4.50. The minimum atomic E-state index is -3.48. The SMILES string of the molecule is Cc1ccc(C)c(OCCOc2ccc(S(=O)(=O)N3CCOCC3)cc2)c1C. The number of nitrogens with zero attached hydrogens (tertiary/aromatic N) is 1. The molecule has 1 aliphatic heterocycles. The van der Waals surface area contributed by atoms with Gasteiger partial charge in [0.2, 0.25) is 10.0 Å². The normalized spacial score (nSPS) is 15.4. The maximum atomic E-state index is 12.6. The quantitative estimate of drug-likeness (QED) is 0.663. The van der Waals surface area contributed by atoms with Gasteiger partial charge in [-0.3, -0.25) is 0 Å². The van der Waals surface area contributed by atoms with Gasteiger partial charge in [-0.25, -0.2) is 8.42 Å². The maximum Gasteiger partial charge on any atom is 0.243 e. The summed E-state index contributed by atoms with van der Waals surface area (Å²) in [5.74, 6) is 1.51. The summed E-state index contributed by atoms with van der Waals surface area (Å²) in [5, 5.41) is 0. The Balaban J connectivity index is 1.54. The second kappa shape index (κ2) is 8.94. The second-order valence-corrected chi connectivity index (χ2v) is 8.78. The van der Waals surface area contributed by atoms with Crippen molar-refractivity contribution in [3.05, 3.63) is 53.1 Å². The van der Waals surface area contributed by atoms with Crippen molar-refractivity contribution in [2.45, 2.75) is 25.7 Å². The van der Waals surface area contributed by atoms with Crippen LogP contribution in [0.15, 0.2) is 41.3 Å². The van der Waals surface area contributed by atoms with Crippen LogP contribution in [0.3, 0.4) is 0 Å². The molecule has 0 aromatic heterocycles. The maximum absolute atomic E-state index is 12.6. The zero-order valence-electron chi connectivity index (χ0n) is 16.6.